The molecule has 2 aromatic rings. The Kier molecular flexibility index (Phi) is 4.89. The molecule has 0 aromatic heterocycles. The summed E-state index contributed by atoms with van der Waals surface area (Å²) in [7, 11) is 0. The highest BCUT2D eigenvalue weighted by molar-refractivity contribution is 14.1. The van der Waals surface area contributed by atoms with E-state index in [1.807, 2.05) is 22.6 Å². The van der Waals surface area contributed by atoms with Gasteiger partial charge in [-0.1, -0.05) is 28.1 Å². The third-order valence-corrected chi connectivity index (χ3v) is 4.47. The second-order valence-electron chi connectivity index (χ2n) is 4.07. The molecular formula is C14H9BrF3I. The third-order valence-electron chi connectivity index (χ3n) is 2.71. The fraction of sp³-hybridized carbons (Fsp3) is 0.143. The van der Waals surface area contributed by atoms with Gasteiger partial charge in [-0.05, 0) is 58.3 Å². The van der Waals surface area contributed by atoms with Gasteiger partial charge in [-0.25, -0.2) is 13.2 Å². The zero-order chi connectivity index (χ0) is 14.0. The quantitative estimate of drug-likeness (QED) is 0.443. The standard InChI is InChI=1S/C14H9BrF3I/c15-12(11-4-3-10(17)7-14(11)19)5-8-1-2-9(16)6-13(8)18/h1-4,6-7,12H,5H2. The number of rotatable bonds is 3. The summed E-state index contributed by atoms with van der Waals surface area (Å²) in [6, 6.07) is 7.98. The molecule has 1 atom stereocenters. The molecule has 100 valence electrons. The number of halogens is 5. The van der Waals surface area contributed by atoms with Crippen LogP contribution in [0.4, 0.5) is 13.2 Å². The lowest BCUT2D eigenvalue weighted by atomic mass is 10.0. The number of hydrogen-bond acceptors (Lipinski definition) is 0. The Balaban J connectivity index is 2.23. The molecule has 0 bridgehead atoms. The van der Waals surface area contributed by atoms with Gasteiger partial charge in [0, 0.05) is 14.5 Å². The van der Waals surface area contributed by atoms with E-state index >= 15 is 0 Å². The fourth-order valence-corrected chi connectivity index (χ4v) is 3.77. The van der Waals surface area contributed by atoms with Crippen molar-refractivity contribution in [2.75, 3.05) is 0 Å². The summed E-state index contributed by atoms with van der Waals surface area (Å²) in [5.41, 5.74) is 1.30. The van der Waals surface area contributed by atoms with Crippen LogP contribution >= 0.6 is 38.5 Å². The molecule has 5 heteroatoms. The molecule has 0 saturated heterocycles. The van der Waals surface area contributed by atoms with E-state index in [4.69, 9.17) is 0 Å². The molecular weight excluding hydrogens is 432 g/mol. The van der Waals surface area contributed by atoms with Crippen LogP contribution in [-0.4, -0.2) is 0 Å². The number of hydrogen-bond donors (Lipinski definition) is 0. The van der Waals surface area contributed by atoms with Gasteiger partial charge in [-0.3, -0.25) is 0 Å². The highest BCUT2D eigenvalue weighted by atomic mass is 127. The summed E-state index contributed by atoms with van der Waals surface area (Å²) in [6.45, 7) is 0. The maximum Gasteiger partial charge on any atom is 0.129 e. The average Bonchev–Trinajstić information content (AvgIpc) is 2.32. The van der Waals surface area contributed by atoms with Gasteiger partial charge in [0.05, 0.1) is 0 Å². The van der Waals surface area contributed by atoms with Crippen molar-refractivity contribution < 1.29 is 13.2 Å². The van der Waals surface area contributed by atoms with Crippen molar-refractivity contribution in [3.05, 3.63) is 68.5 Å². The van der Waals surface area contributed by atoms with Crippen LogP contribution in [0.15, 0.2) is 36.4 Å². The van der Waals surface area contributed by atoms with Crippen LogP contribution in [0.1, 0.15) is 16.0 Å². The van der Waals surface area contributed by atoms with Gasteiger partial charge in [0.15, 0.2) is 0 Å². The molecule has 2 rings (SSSR count). The van der Waals surface area contributed by atoms with Crippen LogP contribution in [0.3, 0.4) is 0 Å². The van der Waals surface area contributed by atoms with Gasteiger partial charge in [0.1, 0.15) is 17.5 Å². The van der Waals surface area contributed by atoms with Crippen molar-refractivity contribution >= 4 is 38.5 Å². The maximum atomic E-state index is 13.6. The van der Waals surface area contributed by atoms with Gasteiger partial charge in [0.2, 0.25) is 0 Å². The first-order valence-corrected chi connectivity index (χ1v) is 7.50. The first-order chi connectivity index (χ1) is 8.97. The van der Waals surface area contributed by atoms with Crippen molar-refractivity contribution in [3.8, 4) is 0 Å². The monoisotopic (exact) mass is 440 g/mol. The van der Waals surface area contributed by atoms with Crippen LogP contribution < -0.4 is 0 Å². The van der Waals surface area contributed by atoms with Crippen molar-refractivity contribution in [2.45, 2.75) is 11.2 Å². The first kappa shape index (κ1) is 14.8. The van der Waals surface area contributed by atoms with E-state index in [0.29, 0.717) is 12.0 Å². The lowest BCUT2D eigenvalue weighted by Crippen LogP contribution is -2.01. The topological polar surface area (TPSA) is 0 Å². The maximum absolute atomic E-state index is 13.6. The first-order valence-electron chi connectivity index (χ1n) is 5.50. The molecule has 0 aliphatic rings. The zero-order valence-electron chi connectivity index (χ0n) is 9.64. The summed E-state index contributed by atoms with van der Waals surface area (Å²) in [5, 5.41) is 0. The Hall–Kier alpha value is -0.560. The van der Waals surface area contributed by atoms with Crippen LogP contribution in [0, 0.1) is 21.0 Å². The summed E-state index contributed by atoms with van der Waals surface area (Å²) in [5.74, 6) is -1.47. The lowest BCUT2D eigenvalue weighted by Gasteiger charge is -2.13. The second-order valence-corrected chi connectivity index (χ2v) is 6.34. The summed E-state index contributed by atoms with van der Waals surface area (Å²) >= 11 is 5.50. The third kappa shape index (κ3) is 3.72. The fourth-order valence-electron chi connectivity index (χ4n) is 1.75. The molecule has 0 saturated carbocycles. The molecule has 0 aliphatic heterocycles. The van der Waals surface area contributed by atoms with E-state index < -0.39 is 11.6 Å². The molecule has 0 radical (unpaired) electrons. The minimum atomic E-state index is -0.594. The number of benzene rings is 2. The summed E-state index contributed by atoms with van der Waals surface area (Å²) in [6.07, 6.45) is 0.369. The lowest BCUT2D eigenvalue weighted by molar-refractivity contribution is 0.571. The molecule has 19 heavy (non-hydrogen) atoms. The van der Waals surface area contributed by atoms with E-state index in [0.717, 1.165) is 15.2 Å². The highest BCUT2D eigenvalue weighted by Gasteiger charge is 2.15. The van der Waals surface area contributed by atoms with Gasteiger partial charge >= 0.3 is 0 Å². The number of alkyl halides is 1. The Morgan fingerprint density at radius 1 is 1.00 bits per heavy atom. The van der Waals surface area contributed by atoms with Gasteiger partial charge < -0.3 is 0 Å². The van der Waals surface area contributed by atoms with Crippen molar-refractivity contribution in [3.63, 3.8) is 0 Å². The Bertz CT molecular complexity index is 601. The molecule has 0 heterocycles. The summed E-state index contributed by atoms with van der Waals surface area (Å²) < 4.78 is 40.2. The predicted molar refractivity (Wildman–Crippen MR) is 80.8 cm³/mol. The smallest absolute Gasteiger partial charge is 0.129 e. The normalized spacial score (nSPS) is 12.5. The van der Waals surface area contributed by atoms with Crippen molar-refractivity contribution in [1.82, 2.24) is 0 Å². The van der Waals surface area contributed by atoms with E-state index in [1.54, 1.807) is 6.07 Å². The zero-order valence-corrected chi connectivity index (χ0v) is 13.4. The molecule has 0 fully saturated rings. The van der Waals surface area contributed by atoms with E-state index in [-0.39, 0.29) is 10.6 Å². The largest absolute Gasteiger partial charge is 0.207 e. The molecule has 0 N–H and O–H groups in total. The Labute approximate surface area is 131 Å². The van der Waals surface area contributed by atoms with Crippen LogP contribution in [0.5, 0.6) is 0 Å². The second kappa shape index (κ2) is 6.26. The molecule has 0 aliphatic carbocycles. The Morgan fingerprint density at radius 3 is 2.26 bits per heavy atom. The molecule has 1 unspecified atom stereocenters. The van der Waals surface area contributed by atoms with E-state index in [2.05, 4.69) is 15.9 Å². The van der Waals surface area contributed by atoms with Crippen LogP contribution in [-0.2, 0) is 6.42 Å². The summed E-state index contributed by atoms with van der Waals surface area (Å²) in [4.78, 5) is -0.153. The van der Waals surface area contributed by atoms with Crippen molar-refractivity contribution in [2.24, 2.45) is 0 Å². The molecule has 0 amide bonds. The minimum Gasteiger partial charge on any atom is -0.207 e. The SMILES string of the molecule is Fc1ccc(CC(Br)c2ccc(F)cc2I)c(F)c1. The van der Waals surface area contributed by atoms with E-state index in [9.17, 15) is 13.2 Å². The van der Waals surface area contributed by atoms with Crippen molar-refractivity contribution in [1.29, 1.82) is 0 Å². The average molecular weight is 441 g/mol. The molecule has 2 aromatic carbocycles. The van der Waals surface area contributed by atoms with E-state index in [1.165, 1.54) is 24.3 Å². The predicted octanol–water partition coefficient (Wildman–Crippen LogP) is 5.39. The van der Waals surface area contributed by atoms with Crippen LogP contribution in [0.2, 0.25) is 0 Å². The molecule has 0 spiro atoms. The molecule has 0 nitrogen and oxygen atoms in total. The minimum absolute atomic E-state index is 0.153. The van der Waals surface area contributed by atoms with Crippen LogP contribution in [0.25, 0.3) is 0 Å². The van der Waals surface area contributed by atoms with Gasteiger partial charge in [0.25, 0.3) is 0 Å². The highest BCUT2D eigenvalue weighted by Crippen LogP contribution is 2.31. The van der Waals surface area contributed by atoms with Gasteiger partial charge in [-0.15, -0.1) is 0 Å². The Morgan fingerprint density at radius 2 is 1.63 bits per heavy atom. The van der Waals surface area contributed by atoms with Gasteiger partial charge in [-0.2, -0.15) is 0 Å².